The summed E-state index contributed by atoms with van der Waals surface area (Å²) in [4.78, 5) is 3.40. The Morgan fingerprint density at radius 1 is 1.33 bits per heavy atom. The third-order valence-corrected chi connectivity index (χ3v) is 5.72. The SMILES string of the molecule is CCNCc1cc(S(=O)(=O)NC(CN(C)C)C(C)C)cs1. The molecule has 1 atom stereocenters. The fourth-order valence-corrected chi connectivity index (χ4v) is 4.51. The summed E-state index contributed by atoms with van der Waals surface area (Å²) in [6.45, 7) is 8.35. The molecule has 2 N–H and O–H groups in total. The average Bonchev–Trinajstić information content (AvgIpc) is 2.84. The third kappa shape index (κ3) is 6.04. The fourth-order valence-electron chi connectivity index (χ4n) is 1.89. The summed E-state index contributed by atoms with van der Waals surface area (Å²) < 4.78 is 27.8. The quantitative estimate of drug-likeness (QED) is 0.722. The molecule has 1 rings (SSSR count). The summed E-state index contributed by atoms with van der Waals surface area (Å²) in [6, 6.07) is 1.66. The van der Waals surface area contributed by atoms with Crippen LogP contribution in [0.15, 0.2) is 16.3 Å². The molecule has 0 amide bonds. The van der Waals surface area contributed by atoms with Crippen LogP contribution in [-0.2, 0) is 16.6 Å². The van der Waals surface area contributed by atoms with E-state index in [1.807, 2.05) is 39.8 Å². The van der Waals surface area contributed by atoms with Gasteiger partial charge in [-0.05, 0) is 32.6 Å². The lowest BCUT2D eigenvalue weighted by Gasteiger charge is -2.25. The molecule has 1 aromatic rings. The number of thiophene rings is 1. The van der Waals surface area contributed by atoms with Gasteiger partial charge in [-0.25, -0.2) is 13.1 Å². The van der Waals surface area contributed by atoms with E-state index in [9.17, 15) is 8.42 Å². The van der Waals surface area contributed by atoms with E-state index in [0.717, 1.165) is 11.4 Å². The number of sulfonamides is 1. The van der Waals surface area contributed by atoms with E-state index in [-0.39, 0.29) is 12.0 Å². The first kappa shape index (κ1) is 18.6. The van der Waals surface area contributed by atoms with E-state index >= 15 is 0 Å². The highest BCUT2D eigenvalue weighted by atomic mass is 32.2. The maximum Gasteiger partial charge on any atom is 0.241 e. The van der Waals surface area contributed by atoms with Gasteiger partial charge in [0, 0.05) is 29.4 Å². The predicted molar refractivity (Wildman–Crippen MR) is 89.2 cm³/mol. The van der Waals surface area contributed by atoms with Crippen molar-refractivity contribution in [2.75, 3.05) is 27.2 Å². The fraction of sp³-hybridized carbons (Fsp3) is 0.714. The van der Waals surface area contributed by atoms with Crippen LogP contribution >= 0.6 is 11.3 Å². The minimum atomic E-state index is -3.45. The van der Waals surface area contributed by atoms with Gasteiger partial charge in [0.1, 0.15) is 0 Å². The number of hydrogen-bond acceptors (Lipinski definition) is 5. The van der Waals surface area contributed by atoms with E-state index in [1.165, 1.54) is 11.3 Å². The number of nitrogens with one attached hydrogen (secondary N) is 2. The van der Waals surface area contributed by atoms with Gasteiger partial charge in [-0.1, -0.05) is 20.8 Å². The van der Waals surface area contributed by atoms with Crippen molar-refractivity contribution in [3.63, 3.8) is 0 Å². The van der Waals surface area contributed by atoms with Crippen molar-refractivity contribution in [1.82, 2.24) is 14.9 Å². The third-order valence-electron chi connectivity index (χ3n) is 3.16. The normalized spacial score (nSPS) is 14.0. The molecule has 0 aliphatic heterocycles. The van der Waals surface area contributed by atoms with Crippen molar-refractivity contribution in [3.05, 3.63) is 16.3 Å². The van der Waals surface area contributed by atoms with Crippen molar-refractivity contribution in [2.24, 2.45) is 5.92 Å². The molecular formula is C14H27N3O2S2. The Balaban J connectivity index is 2.81. The highest BCUT2D eigenvalue weighted by molar-refractivity contribution is 7.89. The van der Waals surface area contributed by atoms with E-state index in [1.54, 1.807) is 11.4 Å². The number of nitrogens with zero attached hydrogens (tertiary/aromatic N) is 1. The molecule has 0 radical (unpaired) electrons. The maximum absolute atomic E-state index is 12.5. The zero-order valence-electron chi connectivity index (χ0n) is 13.5. The summed E-state index contributed by atoms with van der Waals surface area (Å²) in [5, 5.41) is 4.91. The van der Waals surface area contributed by atoms with Crippen LogP contribution in [0.1, 0.15) is 25.6 Å². The monoisotopic (exact) mass is 333 g/mol. The van der Waals surface area contributed by atoms with Crippen LogP contribution in [0.4, 0.5) is 0 Å². The summed E-state index contributed by atoms with van der Waals surface area (Å²) in [5.74, 6) is 0.238. The zero-order chi connectivity index (χ0) is 16.0. The molecule has 0 aliphatic carbocycles. The Morgan fingerprint density at radius 3 is 2.52 bits per heavy atom. The summed E-state index contributed by atoms with van der Waals surface area (Å²) in [7, 11) is 0.446. The minimum absolute atomic E-state index is 0.0953. The highest BCUT2D eigenvalue weighted by Gasteiger charge is 2.23. The molecule has 1 heterocycles. The van der Waals surface area contributed by atoms with E-state index in [4.69, 9.17) is 0 Å². The second-order valence-electron chi connectivity index (χ2n) is 5.76. The van der Waals surface area contributed by atoms with Gasteiger partial charge in [-0.15, -0.1) is 11.3 Å². The smallest absolute Gasteiger partial charge is 0.241 e. The largest absolute Gasteiger partial charge is 0.312 e. The standard InChI is InChI=1S/C14H27N3O2S2/c1-6-15-8-12-7-13(10-20-12)21(18,19)16-14(11(2)3)9-17(4)5/h7,10-11,14-16H,6,8-9H2,1-5H3. The van der Waals surface area contributed by atoms with Gasteiger partial charge in [0.15, 0.2) is 0 Å². The Labute approximate surface area is 132 Å². The van der Waals surface area contributed by atoms with Gasteiger partial charge < -0.3 is 10.2 Å². The van der Waals surface area contributed by atoms with Gasteiger partial charge in [-0.3, -0.25) is 0 Å². The Bertz CT molecular complexity index is 524. The van der Waals surface area contributed by atoms with Crippen LogP contribution < -0.4 is 10.0 Å². The van der Waals surface area contributed by atoms with Crippen LogP contribution in [0.2, 0.25) is 0 Å². The molecule has 0 spiro atoms. The molecule has 21 heavy (non-hydrogen) atoms. The molecule has 122 valence electrons. The van der Waals surface area contributed by atoms with E-state index < -0.39 is 10.0 Å². The second-order valence-corrected chi connectivity index (χ2v) is 8.47. The minimum Gasteiger partial charge on any atom is -0.312 e. The number of rotatable bonds is 9. The Kier molecular flexibility index (Phi) is 7.29. The molecule has 1 unspecified atom stereocenters. The molecular weight excluding hydrogens is 306 g/mol. The van der Waals surface area contributed by atoms with E-state index in [0.29, 0.717) is 18.0 Å². The molecule has 7 heteroatoms. The van der Waals surface area contributed by atoms with Crippen molar-refractivity contribution >= 4 is 21.4 Å². The lowest BCUT2D eigenvalue weighted by molar-refractivity contribution is 0.314. The topological polar surface area (TPSA) is 61.4 Å². The molecule has 0 saturated heterocycles. The first-order valence-electron chi connectivity index (χ1n) is 7.21. The lowest BCUT2D eigenvalue weighted by atomic mass is 10.1. The van der Waals surface area contributed by atoms with Crippen LogP contribution in [0.25, 0.3) is 0 Å². The van der Waals surface area contributed by atoms with Crippen molar-refractivity contribution in [2.45, 2.75) is 38.3 Å². The summed E-state index contributed by atoms with van der Waals surface area (Å²) in [5.41, 5.74) is 0. The molecule has 0 fully saturated rings. The lowest BCUT2D eigenvalue weighted by Crippen LogP contribution is -2.44. The van der Waals surface area contributed by atoms with Crippen LogP contribution in [0.3, 0.4) is 0 Å². The number of likely N-dealkylation sites (N-methyl/N-ethyl adjacent to an activating group) is 1. The van der Waals surface area contributed by atoms with Crippen molar-refractivity contribution in [3.8, 4) is 0 Å². The van der Waals surface area contributed by atoms with Crippen molar-refractivity contribution in [1.29, 1.82) is 0 Å². The van der Waals surface area contributed by atoms with Gasteiger partial charge >= 0.3 is 0 Å². The first-order chi connectivity index (χ1) is 9.76. The maximum atomic E-state index is 12.5. The zero-order valence-corrected chi connectivity index (χ0v) is 15.1. The van der Waals surface area contributed by atoms with Crippen LogP contribution in [0.5, 0.6) is 0 Å². The van der Waals surface area contributed by atoms with Crippen LogP contribution in [-0.4, -0.2) is 46.5 Å². The summed E-state index contributed by atoms with van der Waals surface area (Å²) in [6.07, 6.45) is 0. The molecule has 1 aromatic heterocycles. The van der Waals surface area contributed by atoms with Gasteiger partial charge in [0.05, 0.1) is 4.90 Å². The summed E-state index contributed by atoms with van der Waals surface area (Å²) >= 11 is 1.47. The van der Waals surface area contributed by atoms with Gasteiger partial charge in [-0.2, -0.15) is 0 Å². The average molecular weight is 334 g/mol. The Hall–Kier alpha value is -0.470. The van der Waals surface area contributed by atoms with Gasteiger partial charge in [0.2, 0.25) is 10.0 Å². The second kappa shape index (κ2) is 8.24. The highest BCUT2D eigenvalue weighted by Crippen LogP contribution is 2.20. The van der Waals surface area contributed by atoms with E-state index in [2.05, 4.69) is 10.0 Å². The van der Waals surface area contributed by atoms with Crippen LogP contribution in [0, 0.1) is 5.92 Å². The number of hydrogen-bond donors (Lipinski definition) is 2. The molecule has 0 aromatic carbocycles. The molecule has 5 nitrogen and oxygen atoms in total. The molecule has 0 saturated carbocycles. The van der Waals surface area contributed by atoms with Crippen molar-refractivity contribution < 1.29 is 8.42 Å². The molecule has 0 aliphatic rings. The van der Waals surface area contributed by atoms with Gasteiger partial charge in [0.25, 0.3) is 0 Å². The Morgan fingerprint density at radius 2 is 2.00 bits per heavy atom. The molecule has 0 bridgehead atoms. The predicted octanol–water partition coefficient (Wildman–Crippen LogP) is 1.72. The first-order valence-corrected chi connectivity index (χ1v) is 9.57.